The number of fused-ring (bicyclic) bond motifs is 1. The molecule has 0 aliphatic rings. The SMILES string of the molecule is Cn1cnc2c1c(=O)n(CC(=O)OCC(=O)NCc1cccc(Cl)c1)c(=O)n2C. The van der Waals surface area contributed by atoms with Crippen molar-refractivity contribution in [1.29, 1.82) is 0 Å². The van der Waals surface area contributed by atoms with Crippen molar-refractivity contribution < 1.29 is 14.3 Å². The van der Waals surface area contributed by atoms with Crippen LogP contribution >= 0.6 is 11.6 Å². The molecule has 2 aromatic heterocycles. The summed E-state index contributed by atoms with van der Waals surface area (Å²) in [6.07, 6.45) is 1.40. The highest BCUT2D eigenvalue weighted by Crippen LogP contribution is 2.10. The first-order chi connectivity index (χ1) is 13.8. The second-order valence-corrected chi connectivity index (χ2v) is 6.76. The molecule has 0 unspecified atom stereocenters. The van der Waals surface area contributed by atoms with Gasteiger partial charge in [-0.15, -0.1) is 0 Å². The maximum atomic E-state index is 12.5. The Morgan fingerprint density at radius 2 is 2.00 bits per heavy atom. The molecule has 0 saturated carbocycles. The van der Waals surface area contributed by atoms with Gasteiger partial charge >= 0.3 is 11.7 Å². The number of hydrogen-bond donors (Lipinski definition) is 1. The number of esters is 1. The average molecular weight is 420 g/mol. The molecule has 152 valence electrons. The number of hydrogen-bond acceptors (Lipinski definition) is 6. The minimum Gasteiger partial charge on any atom is -0.454 e. The summed E-state index contributed by atoms with van der Waals surface area (Å²) in [6.45, 7) is -0.940. The van der Waals surface area contributed by atoms with Crippen LogP contribution in [0.25, 0.3) is 11.2 Å². The minimum atomic E-state index is -0.886. The smallest absolute Gasteiger partial charge is 0.333 e. The Bertz CT molecular complexity index is 1210. The third kappa shape index (κ3) is 4.37. The molecule has 3 aromatic rings. The molecular formula is C18H18ClN5O5. The fourth-order valence-corrected chi connectivity index (χ4v) is 2.97. The Kier molecular flexibility index (Phi) is 5.83. The summed E-state index contributed by atoms with van der Waals surface area (Å²) >= 11 is 5.87. The third-order valence-corrected chi connectivity index (χ3v) is 4.47. The Labute approximate surface area is 169 Å². The van der Waals surface area contributed by atoms with Gasteiger partial charge in [0, 0.05) is 25.7 Å². The van der Waals surface area contributed by atoms with E-state index in [0.717, 1.165) is 10.1 Å². The van der Waals surface area contributed by atoms with Crippen molar-refractivity contribution in [3.05, 3.63) is 62.0 Å². The first-order valence-corrected chi connectivity index (χ1v) is 8.93. The molecular weight excluding hydrogens is 402 g/mol. The summed E-state index contributed by atoms with van der Waals surface area (Å²) in [4.78, 5) is 52.8. The van der Waals surface area contributed by atoms with Gasteiger partial charge in [-0.3, -0.25) is 19.0 Å². The van der Waals surface area contributed by atoms with Crippen LogP contribution in [0.15, 0.2) is 40.2 Å². The maximum Gasteiger partial charge on any atom is 0.333 e. The molecule has 1 N–H and O–H groups in total. The van der Waals surface area contributed by atoms with Crippen LogP contribution in [-0.2, 0) is 41.5 Å². The van der Waals surface area contributed by atoms with Gasteiger partial charge in [0.05, 0.1) is 6.33 Å². The van der Waals surface area contributed by atoms with E-state index in [1.54, 1.807) is 31.3 Å². The van der Waals surface area contributed by atoms with Crippen molar-refractivity contribution >= 4 is 34.6 Å². The molecule has 11 heteroatoms. The summed E-state index contributed by atoms with van der Waals surface area (Å²) in [6, 6.07) is 6.95. The topological polar surface area (TPSA) is 117 Å². The number of amides is 1. The second-order valence-electron chi connectivity index (χ2n) is 6.33. The lowest BCUT2D eigenvalue weighted by atomic mass is 10.2. The molecule has 3 rings (SSSR count). The van der Waals surface area contributed by atoms with Crippen molar-refractivity contribution in [2.24, 2.45) is 14.1 Å². The summed E-state index contributed by atoms with van der Waals surface area (Å²) in [7, 11) is 3.05. The zero-order valence-electron chi connectivity index (χ0n) is 15.7. The Balaban J connectivity index is 1.62. The number of benzene rings is 1. The van der Waals surface area contributed by atoms with Crippen molar-refractivity contribution in [2.45, 2.75) is 13.1 Å². The first kappa shape index (κ1) is 20.3. The fourth-order valence-electron chi connectivity index (χ4n) is 2.76. The summed E-state index contributed by atoms with van der Waals surface area (Å²) in [5, 5.41) is 3.13. The number of rotatable bonds is 6. The largest absolute Gasteiger partial charge is 0.454 e. The van der Waals surface area contributed by atoms with Gasteiger partial charge < -0.3 is 14.6 Å². The highest BCUT2D eigenvalue weighted by atomic mass is 35.5. The average Bonchev–Trinajstić information content (AvgIpc) is 3.08. The lowest BCUT2D eigenvalue weighted by molar-refractivity contribution is -0.149. The van der Waals surface area contributed by atoms with Crippen LogP contribution in [0.4, 0.5) is 0 Å². The van der Waals surface area contributed by atoms with E-state index in [0.29, 0.717) is 5.02 Å². The minimum absolute atomic E-state index is 0.180. The molecule has 0 spiro atoms. The van der Waals surface area contributed by atoms with Crippen LogP contribution < -0.4 is 16.6 Å². The predicted molar refractivity (Wildman–Crippen MR) is 104 cm³/mol. The van der Waals surface area contributed by atoms with Crippen molar-refractivity contribution in [1.82, 2.24) is 24.0 Å². The summed E-state index contributed by atoms with van der Waals surface area (Å²) in [5.74, 6) is -1.41. The van der Waals surface area contributed by atoms with Crippen LogP contribution in [0.2, 0.25) is 5.02 Å². The third-order valence-electron chi connectivity index (χ3n) is 4.23. The van der Waals surface area contributed by atoms with Gasteiger partial charge in [-0.25, -0.2) is 14.3 Å². The Hall–Kier alpha value is -3.40. The van der Waals surface area contributed by atoms with E-state index in [1.807, 2.05) is 0 Å². The van der Waals surface area contributed by atoms with Gasteiger partial charge in [0.1, 0.15) is 6.54 Å². The van der Waals surface area contributed by atoms with E-state index in [1.165, 1.54) is 22.5 Å². The van der Waals surface area contributed by atoms with E-state index in [4.69, 9.17) is 16.3 Å². The van der Waals surface area contributed by atoms with Crippen molar-refractivity contribution in [3.8, 4) is 0 Å². The highest BCUT2D eigenvalue weighted by molar-refractivity contribution is 6.30. The monoisotopic (exact) mass is 419 g/mol. The maximum absolute atomic E-state index is 12.5. The number of nitrogens with one attached hydrogen (secondary N) is 1. The van der Waals surface area contributed by atoms with E-state index >= 15 is 0 Å². The molecule has 0 bridgehead atoms. The molecule has 29 heavy (non-hydrogen) atoms. The Morgan fingerprint density at radius 3 is 2.72 bits per heavy atom. The van der Waals surface area contributed by atoms with Gasteiger partial charge in [-0.2, -0.15) is 0 Å². The van der Waals surface area contributed by atoms with Crippen LogP contribution in [0, 0.1) is 0 Å². The number of aromatic nitrogens is 4. The quantitative estimate of drug-likeness (QED) is 0.560. The van der Waals surface area contributed by atoms with E-state index in [9.17, 15) is 19.2 Å². The van der Waals surface area contributed by atoms with Crippen molar-refractivity contribution in [3.63, 3.8) is 0 Å². The predicted octanol–water partition coefficient (Wildman–Crippen LogP) is -0.0533. The van der Waals surface area contributed by atoms with Crippen LogP contribution in [-0.4, -0.2) is 37.2 Å². The number of aryl methyl sites for hydroxylation is 2. The number of ether oxygens (including phenoxy) is 1. The summed E-state index contributed by atoms with van der Waals surface area (Å²) < 4.78 is 8.26. The van der Waals surface area contributed by atoms with E-state index < -0.39 is 36.3 Å². The first-order valence-electron chi connectivity index (χ1n) is 8.55. The fraction of sp³-hybridized carbons (Fsp3) is 0.278. The highest BCUT2D eigenvalue weighted by Gasteiger charge is 2.18. The molecule has 10 nitrogen and oxygen atoms in total. The van der Waals surface area contributed by atoms with Crippen molar-refractivity contribution in [2.75, 3.05) is 6.61 Å². The Morgan fingerprint density at radius 1 is 1.24 bits per heavy atom. The molecule has 0 aliphatic carbocycles. The molecule has 2 heterocycles. The zero-order valence-corrected chi connectivity index (χ0v) is 16.5. The molecule has 0 fully saturated rings. The van der Waals surface area contributed by atoms with Gasteiger partial charge in [0.2, 0.25) is 0 Å². The molecule has 0 saturated heterocycles. The number of nitrogens with zero attached hydrogens (tertiary/aromatic N) is 4. The second kappa shape index (κ2) is 8.31. The van der Waals surface area contributed by atoms with E-state index in [2.05, 4.69) is 10.3 Å². The lowest BCUT2D eigenvalue weighted by Crippen LogP contribution is -2.42. The van der Waals surface area contributed by atoms with Crippen LogP contribution in [0.3, 0.4) is 0 Å². The lowest BCUT2D eigenvalue weighted by Gasteiger charge is -2.09. The van der Waals surface area contributed by atoms with Gasteiger partial charge in [0.15, 0.2) is 17.8 Å². The standard InChI is InChI=1S/C18H18ClN5O5/c1-22-10-21-16-15(22)17(27)24(18(28)23(16)2)8-14(26)29-9-13(25)20-7-11-4-3-5-12(19)6-11/h3-6,10H,7-9H2,1-2H3,(H,20,25). The van der Waals surface area contributed by atoms with E-state index in [-0.39, 0.29) is 17.7 Å². The van der Waals surface area contributed by atoms with Crippen LogP contribution in [0.5, 0.6) is 0 Å². The molecule has 0 atom stereocenters. The normalized spacial score (nSPS) is 10.9. The molecule has 1 amide bonds. The molecule has 0 radical (unpaired) electrons. The molecule has 1 aromatic carbocycles. The van der Waals surface area contributed by atoms with Gasteiger partial charge in [-0.05, 0) is 17.7 Å². The van der Waals surface area contributed by atoms with Gasteiger partial charge in [0.25, 0.3) is 11.5 Å². The number of carbonyl (C=O) groups is 2. The van der Waals surface area contributed by atoms with Gasteiger partial charge in [-0.1, -0.05) is 23.7 Å². The number of halogens is 1. The molecule has 0 aliphatic heterocycles. The summed E-state index contributed by atoms with van der Waals surface area (Å²) in [5.41, 5.74) is -0.183. The number of imidazole rings is 1. The zero-order chi connectivity index (χ0) is 21.1. The number of carbonyl (C=O) groups excluding carboxylic acids is 2. The van der Waals surface area contributed by atoms with Crippen LogP contribution in [0.1, 0.15) is 5.56 Å².